The molecule has 7 heteroatoms. The van der Waals surface area contributed by atoms with E-state index in [0.717, 1.165) is 90.6 Å². The Morgan fingerprint density at radius 1 is 0.850 bits per heavy atom. The zero-order chi connectivity index (χ0) is 27.3. The topological polar surface area (TPSA) is 39.3 Å². The van der Waals surface area contributed by atoms with Crippen LogP contribution in [-0.4, -0.2) is 92.2 Å². The van der Waals surface area contributed by atoms with Gasteiger partial charge in [0.2, 0.25) is 5.91 Å². The molecule has 0 saturated carbocycles. The van der Waals surface area contributed by atoms with Gasteiger partial charge in [-0.05, 0) is 72.0 Å². The number of halogens is 1. The minimum Gasteiger partial charge on any atom is -0.379 e. The van der Waals surface area contributed by atoms with Crippen molar-refractivity contribution < 1.29 is 13.9 Å². The molecule has 2 atom stereocenters. The maximum atomic E-state index is 13.3. The van der Waals surface area contributed by atoms with Crippen LogP contribution in [0.25, 0.3) is 10.8 Å². The van der Waals surface area contributed by atoms with Gasteiger partial charge in [-0.25, -0.2) is 4.39 Å². The molecule has 3 aliphatic rings. The Morgan fingerprint density at radius 3 is 2.38 bits per heavy atom. The van der Waals surface area contributed by atoms with Gasteiger partial charge < -0.3 is 14.5 Å². The number of hydrogen-bond donors (Lipinski definition) is 0. The van der Waals surface area contributed by atoms with E-state index in [-0.39, 0.29) is 11.7 Å². The lowest BCUT2D eigenvalue weighted by Gasteiger charge is -2.45. The summed E-state index contributed by atoms with van der Waals surface area (Å²) in [7, 11) is 0. The number of amides is 1. The standard InChI is InChI=1S/C33H41FN4O2/c34-30-8-10-31(11-9-30)36-15-17-38(18-16-36)33(39)12-7-29-25-35(14-13-32(29)37-19-21-40-22-20-37)24-26-5-6-27-3-1-2-4-28(27)23-26/h1-6,8-11,23,29,32H,7,12-22,24-25H2/t29-,32+/m1/s1. The van der Waals surface area contributed by atoms with Crippen molar-refractivity contribution >= 4 is 22.4 Å². The van der Waals surface area contributed by atoms with E-state index in [1.165, 1.54) is 28.5 Å². The molecule has 0 spiro atoms. The van der Waals surface area contributed by atoms with Crippen molar-refractivity contribution in [3.05, 3.63) is 78.1 Å². The van der Waals surface area contributed by atoms with E-state index in [4.69, 9.17) is 4.74 Å². The first-order valence-corrected chi connectivity index (χ1v) is 14.9. The van der Waals surface area contributed by atoms with Crippen molar-refractivity contribution in [1.82, 2.24) is 14.7 Å². The second-order valence-electron chi connectivity index (χ2n) is 11.6. The Labute approximate surface area is 237 Å². The Morgan fingerprint density at radius 2 is 1.60 bits per heavy atom. The van der Waals surface area contributed by atoms with Crippen molar-refractivity contribution in [3.8, 4) is 0 Å². The highest BCUT2D eigenvalue weighted by molar-refractivity contribution is 5.83. The molecule has 212 valence electrons. The fourth-order valence-electron chi connectivity index (χ4n) is 6.84. The van der Waals surface area contributed by atoms with Gasteiger partial charge in [0, 0.05) is 70.5 Å². The summed E-state index contributed by atoms with van der Waals surface area (Å²) in [6, 6.07) is 22.6. The summed E-state index contributed by atoms with van der Waals surface area (Å²) >= 11 is 0. The smallest absolute Gasteiger partial charge is 0.222 e. The number of ether oxygens (including phenoxy) is 1. The highest BCUT2D eigenvalue weighted by atomic mass is 19.1. The molecule has 3 saturated heterocycles. The van der Waals surface area contributed by atoms with Crippen LogP contribution in [0.5, 0.6) is 0 Å². The van der Waals surface area contributed by atoms with Crippen molar-refractivity contribution in [2.75, 3.05) is 70.5 Å². The van der Waals surface area contributed by atoms with Gasteiger partial charge in [0.1, 0.15) is 5.82 Å². The van der Waals surface area contributed by atoms with Crippen molar-refractivity contribution in [1.29, 1.82) is 0 Å². The van der Waals surface area contributed by atoms with E-state index in [1.807, 2.05) is 17.0 Å². The highest BCUT2D eigenvalue weighted by Crippen LogP contribution is 2.29. The van der Waals surface area contributed by atoms with Crippen LogP contribution >= 0.6 is 0 Å². The molecule has 3 heterocycles. The molecular formula is C33H41FN4O2. The number of carbonyl (C=O) groups is 1. The lowest BCUT2D eigenvalue weighted by Crippen LogP contribution is -2.54. The number of fused-ring (bicyclic) bond motifs is 1. The number of rotatable bonds is 7. The second kappa shape index (κ2) is 12.7. The predicted molar refractivity (Wildman–Crippen MR) is 158 cm³/mol. The van der Waals surface area contributed by atoms with Crippen LogP contribution in [-0.2, 0) is 16.1 Å². The number of anilines is 1. The summed E-state index contributed by atoms with van der Waals surface area (Å²) in [6.45, 7) is 9.69. The molecule has 6 rings (SSSR count). The van der Waals surface area contributed by atoms with Crippen molar-refractivity contribution in [3.63, 3.8) is 0 Å². The average molecular weight is 545 g/mol. The molecule has 0 unspecified atom stereocenters. The third-order valence-corrected chi connectivity index (χ3v) is 9.07. The van der Waals surface area contributed by atoms with Gasteiger partial charge in [-0.2, -0.15) is 0 Å². The first-order valence-electron chi connectivity index (χ1n) is 14.9. The Kier molecular flexibility index (Phi) is 8.61. The van der Waals surface area contributed by atoms with Gasteiger partial charge in [-0.15, -0.1) is 0 Å². The Hall–Kier alpha value is -3.00. The van der Waals surface area contributed by atoms with Gasteiger partial charge in [0.05, 0.1) is 13.2 Å². The third kappa shape index (κ3) is 6.48. The summed E-state index contributed by atoms with van der Waals surface area (Å²) in [6.07, 6.45) is 2.67. The average Bonchev–Trinajstić information content (AvgIpc) is 3.01. The highest BCUT2D eigenvalue weighted by Gasteiger charge is 2.34. The van der Waals surface area contributed by atoms with E-state index in [1.54, 1.807) is 0 Å². The molecule has 40 heavy (non-hydrogen) atoms. The molecule has 0 aromatic heterocycles. The zero-order valence-corrected chi connectivity index (χ0v) is 23.4. The molecule has 3 fully saturated rings. The Balaban J connectivity index is 1.06. The molecule has 0 bridgehead atoms. The number of likely N-dealkylation sites (tertiary alicyclic amines) is 1. The minimum absolute atomic E-state index is 0.216. The molecule has 0 aliphatic carbocycles. The second-order valence-corrected chi connectivity index (χ2v) is 11.6. The van der Waals surface area contributed by atoms with Crippen LogP contribution < -0.4 is 4.90 Å². The Bertz CT molecular complexity index is 1270. The normalized spacial score (nSPS) is 23.0. The van der Waals surface area contributed by atoms with E-state index in [0.29, 0.717) is 18.4 Å². The molecule has 3 aromatic rings. The molecule has 3 aliphatic heterocycles. The van der Waals surface area contributed by atoms with Gasteiger partial charge >= 0.3 is 0 Å². The largest absolute Gasteiger partial charge is 0.379 e. The monoisotopic (exact) mass is 544 g/mol. The van der Waals surface area contributed by atoms with Gasteiger partial charge in [-0.1, -0.05) is 36.4 Å². The lowest BCUT2D eigenvalue weighted by molar-refractivity contribution is -0.132. The van der Waals surface area contributed by atoms with Crippen LogP contribution in [0.15, 0.2) is 66.7 Å². The minimum atomic E-state index is -0.216. The molecular weight excluding hydrogens is 503 g/mol. The molecule has 0 radical (unpaired) electrons. The van der Waals surface area contributed by atoms with Crippen LogP contribution in [0.1, 0.15) is 24.8 Å². The van der Waals surface area contributed by atoms with Crippen LogP contribution in [0, 0.1) is 11.7 Å². The van der Waals surface area contributed by atoms with Crippen molar-refractivity contribution in [2.45, 2.75) is 31.8 Å². The van der Waals surface area contributed by atoms with Gasteiger partial charge in [-0.3, -0.25) is 14.6 Å². The van der Waals surface area contributed by atoms with E-state index in [2.05, 4.69) is 57.2 Å². The predicted octanol–water partition coefficient (Wildman–Crippen LogP) is 4.63. The maximum absolute atomic E-state index is 13.3. The molecule has 1 amide bonds. The van der Waals surface area contributed by atoms with E-state index >= 15 is 0 Å². The number of hydrogen-bond acceptors (Lipinski definition) is 5. The van der Waals surface area contributed by atoms with Crippen molar-refractivity contribution in [2.24, 2.45) is 5.92 Å². The van der Waals surface area contributed by atoms with Crippen LogP contribution in [0.3, 0.4) is 0 Å². The van der Waals surface area contributed by atoms with Gasteiger partial charge in [0.25, 0.3) is 0 Å². The quantitative estimate of drug-likeness (QED) is 0.434. The fourth-order valence-corrected chi connectivity index (χ4v) is 6.84. The first kappa shape index (κ1) is 27.2. The van der Waals surface area contributed by atoms with Crippen LogP contribution in [0.2, 0.25) is 0 Å². The zero-order valence-electron chi connectivity index (χ0n) is 23.4. The summed E-state index contributed by atoms with van der Waals surface area (Å²) in [5, 5.41) is 2.58. The molecule has 0 N–H and O–H groups in total. The molecule has 3 aromatic carbocycles. The fraction of sp³-hybridized carbons (Fsp3) is 0.485. The number of piperazine rings is 1. The molecule has 6 nitrogen and oxygen atoms in total. The van der Waals surface area contributed by atoms with E-state index in [9.17, 15) is 9.18 Å². The number of morpholine rings is 1. The number of carbonyl (C=O) groups excluding carboxylic acids is 1. The number of piperidine rings is 1. The maximum Gasteiger partial charge on any atom is 0.222 e. The first-order chi connectivity index (χ1) is 19.6. The van der Waals surface area contributed by atoms with Gasteiger partial charge in [0.15, 0.2) is 0 Å². The summed E-state index contributed by atoms with van der Waals surface area (Å²) < 4.78 is 19.0. The summed E-state index contributed by atoms with van der Waals surface area (Å²) in [5.41, 5.74) is 2.38. The van der Waals surface area contributed by atoms with E-state index < -0.39 is 0 Å². The summed E-state index contributed by atoms with van der Waals surface area (Å²) in [4.78, 5) is 22.8. The third-order valence-electron chi connectivity index (χ3n) is 9.07. The lowest BCUT2D eigenvalue weighted by atomic mass is 9.86. The number of benzene rings is 3. The van der Waals surface area contributed by atoms with Crippen LogP contribution in [0.4, 0.5) is 10.1 Å². The number of nitrogens with zero attached hydrogens (tertiary/aromatic N) is 4. The SMILES string of the molecule is O=C(CC[C@@H]1CN(Cc2ccc3ccccc3c2)CC[C@@H]1N1CCOCC1)N1CCN(c2ccc(F)cc2)CC1. The summed E-state index contributed by atoms with van der Waals surface area (Å²) in [5.74, 6) is 0.523.